The second kappa shape index (κ2) is 6.97. The number of halogens is 1. The molecule has 0 fully saturated rings. The monoisotopic (exact) mass is 303 g/mol. The van der Waals surface area contributed by atoms with Gasteiger partial charge in [-0.2, -0.15) is 0 Å². The maximum Gasteiger partial charge on any atom is 0.139 e. The molecule has 2 nitrogen and oxygen atoms in total. The first-order valence-electron chi connectivity index (χ1n) is 7.26. The lowest BCUT2D eigenvalue weighted by Crippen LogP contribution is -2.32. The number of hydrogen-bond acceptors (Lipinski definition) is 2. The molecule has 0 saturated carbocycles. The fraction of sp³-hybridized carbons (Fsp3) is 0.333. The second-order valence-electron chi connectivity index (χ2n) is 5.38. The lowest BCUT2D eigenvalue weighted by Gasteiger charge is -2.27. The zero-order chi connectivity index (χ0) is 15.4. The van der Waals surface area contributed by atoms with E-state index >= 15 is 0 Å². The molecule has 0 bridgehead atoms. The van der Waals surface area contributed by atoms with Crippen LogP contribution in [0.3, 0.4) is 0 Å². The zero-order valence-electron chi connectivity index (χ0n) is 12.8. The standard InChI is InChI=1S/C18H22ClNO/c1-4-16(20)18(15-8-6-5-7-12(15)2)21-17-10-9-14(19)11-13(17)3/h5-11,16,18H,4,20H2,1-3H3. The van der Waals surface area contributed by atoms with Crippen LogP contribution >= 0.6 is 11.6 Å². The van der Waals surface area contributed by atoms with Crippen molar-refractivity contribution >= 4 is 11.6 Å². The summed E-state index contributed by atoms with van der Waals surface area (Å²) in [6, 6.07) is 13.8. The summed E-state index contributed by atoms with van der Waals surface area (Å²) in [4.78, 5) is 0. The van der Waals surface area contributed by atoms with E-state index in [0.717, 1.165) is 23.3 Å². The van der Waals surface area contributed by atoms with Crippen molar-refractivity contribution in [2.45, 2.75) is 39.3 Å². The molecule has 0 heterocycles. The molecule has 0 aliphatic heterocycles. The van der Waals surface area contributed by atoms with E-state index in [9.17, 15) is 0 Å². The summed E-state index contributed by atoms with van der Waals surface area (Å²) in [6.07, 6.45) is 0.696. The predicted octanol–water partition coefficient (Wildman–Crippen LogP) is 4.81. The highest BCUT2D eigenvalue weighted by Crippen LogP contribution is 2.30. The Bertz CT molecular complexity index is 612. The molecule has 0 saturated heterocycles. The quantitative estimate of drug-likeness (QED) is 0.860. The van der Waals surface area contributed by atoms with E-state index in [-0.39, 0.29) is 12.1 Å². The maximum atomic E-state index is 6.29. The van der Waals surface area contributed by atoms with Crippen LogP contribution < -0.4 is 10.5 Å². The van der Waals surface area contributed by atoms with Crippen LogP contribution in [-0.2, 0) is 0 Å². The molecule has 2 atom stereocenters. The van der Waals surface area contributed by atoms with Gasteiger partial charge in [0.15, 0.2) is 0 Å². The third-order valence-electron chi connectivity index (χ3n) is 3.75. The lowest BCUT2D eigenvalue weighted by atomic mass is 9.96. The van der Waals surface area contributed by atoms with Gasteiger partial charge in [-0.05, 0) is 55.2 Å². The Morgan fingerprint density at radius 3 is 2.43 bits per heavy atom. The van der Waals surface area contributed by atoms with Gasteiger partial charge in [-0.3, -0.25) is 0 Å². The number of rotatable bonds is 5. The Morgan fingerprint density at radius 1 is 1.10 bits per heavy atom. The summed E-state index contributed by atoms with van der Waals surface area (Å²) in [5.74, 6) is 0.830. The third-order valence-corrected chi connectivity index (χ3v) is 3.98. The normalized spacial score (nSPS) is 13.8. The summed E-state index contributed by atoms with van der Waals surface area (Å²) < 4.78 is 6.24. The van der Waals surface area contributed by atoms with Gasteiger partial charge >= 0.3 is 0 Å². The fourth-order valence-corrected chi connectivity index (χ4v) is 2.61. The van der Waals surface area contributed by atoms with E-state index in [1.165, 1.54) is 5.56 Å². The van der Waals surface area contributed by atoms with E-state index in [0.29, 0.717) is 5.02 Å². The number of nitrogens with two attached hydrogens (primary N) is 1. The average molecular weight is 304 g/mol. The van der Waals surface area contributed by atoms with Gasteiger partial charge in [0.25, 0.3) is 0 Å². The molecule has 3 heteroatoms. The minimum absolute atomic E-state index is 0.0545. The van der Waals surface area contributed by atoms with Crippen LogP contribution in [0.5, 0.6) is 5.75 Å². The van der Waals surface area contributed by atoms with Gasteiger partial charge in [-0.25, -0.2) is 0 Å². The molecule has 21 heavy (non-hydrogen) atoms. The molecule has 2 aromatic rings. The largest absolute Gasteiger partial charge is 0.484 e. The Morgan fingerprint density at radius 2 is 1.81 bits per heavy atom. The fourth-order valence-electron chi connectivity index (χ4n) is 2.38. The molecule has 0 spiro atoms. The number of benzene rings is 2. The number of ether oxygens (including phenoxy) is 1. The molecular formula is C18H22ClNO. The zero-order valence-corrected chi connectivity index (χ0v) is 13.5. The summed E-state index contributed by atoms with van der Waals surface area (Å²) >= 11 is 6.01. The van der Waals surface area contributed by atoms with Crippen LogP contribution in [0.15, 0.2) is 42.5 Å². The smallest absolute Gasteiger partial charge is 0.139 e. The summed E-state index contributed by atoms with van der Waals surface area (Å²) in [5.41, 5.74) is 9.65. The first kappa shape index (κ1) is 15.9. The molecule has 2 rings (SSSR count). The van der Waals surface area contributed by atoms with Crippen LogP contribution in [0.4, 0.5) is 0 Å². The molecule has 0 aliphatic carbocycles. The molecule has 0 aliphatic rings. The molecule has 2 aromatic carbocycles. The van der Waals surface area contributed by atoms with Crippen molar-refractivity contribution in [2.75, 3.05) is 0 Å². The van der Waals surface area contributed by atoms with Crippen molar-refractivity contribution in [1.82, 2.24) is 0 Å². The summed E-state index contributed by atoms with van der Waals surface area (Å²) in [6.45, 7) is 6.16. The van der Waals surface area contributed by atoms with Crippen molar-refractivity contribution in [3.8, 4) is 5.75 Å². The number of hydrogen-bond donors (Lipinski definition) is 1. The Hall–Kier alpha value is -1.51. The number of aryl methyl sites for hydroxylation is 2. The second-order valence-corrected chi connectivity index (χ2v) is 5.81. The van der Waals surface area contributed by atoms with E-state index in [1.54, 1.807) is 0 Å². The topological polar surface area (TPSA) is 35.2 Å². The van der Waals surface area contributed by atoms with Crippen LogP contribution in [-0.4, -0.2) is 6.04 Å². The van der Waals surface area contributed by atoms with Gasteiger partial charge in [0.2, 0.25) is 0 Å². The predicted molar refractivity (Wildman–Crippen MR) is 89.0 cm³/mol. The van der Waals surface area contributed by atoms with Crippen molar-refractivity contribution in [3.05, 3.63) is 64.2 Å². The molecule has 2 N–H and O–H groups in total. The minimum atomic E-state index is -0.156. The molecule has 0 radical (unpaired) electrons. The average Bonchev–Trinajstić information content (AvgIpc) is 2.47. The summed E-state index contributed by atoms with van der Waals surface area (Å²) in [5, 5.41) is 0.715. The minimum Gasteiger partial charge on any atom is -0.484 e. The SMILES string of the molecule is CCC(N)C(Oc1ccc(Cl)cc1C)c1ccccc1C. The van der Waals surface area contributed by atoms with Crippen molar-refractivity contribution < 1.29 is 4.74 Å². The first-order valence-corrected chi connectivity index (χ1v) is 7.64. The highest BCUT2D eigenvalue weighted by molar-refractivity contribution is 6.30. The van der Waals surface area contributed by atoms with Crippen molar-refractivity contribution in [2.24, 2.45) is 5.73 Å². The highest BCUT2D eigenvalue weighted by Gasteiger charge is 2.22. The van der Waals surface area contributed by atoms with E-state index in [2.05, 4.69) is 26.0 Å². The molecule has 0 amide bonds. The van der Waals surface area contributed by atoms with Crippen LogP contribution in [0, 0.1) is 13.8 Å². The van der Waals surface area contributed by atoms with E-state index < -0.39 is 0 Å². The van der Waals surface area contributed by atoms with Crippen LogP contribution in [0.25, 0.3) is 0 Å². The van der Waals surface area contributed by atoms with Crippen molar-refractivity contribution in [1.29, 1.82) is 0 Å². The van der Waals surface area contributed by atoms with E-state index in [1.807, 2.05) is 37.3 Å². The third kappa shape index (κ3) is 3.78. The van der Waals surface area contributed by atoms with Crippen LogP contribution in [0.1, 0.15) is 36.1 Å². The molecule has 112 valence electrons. The Labute approximate surface area is 131 Å². The Balaban J connectivity index is 2.35. The van der Waals surface area contributed by atoms with Gasteiger partial charge in [0.05, 0.1) is 0 Å². The highest BCUT2D eigenvalue weighted by atomic mass is 35.5. The van der Waals surface area contributed by atoms with Gasteiger partial charge in [-0.15, -0.1) is 0 Å². The van der Waals surface area contributed by atoms with Gasteiger partial charge in [0.1, 0.15) is 11.9 Å². The van der Waals surface area contributed by atoms with Gasteiger partial charge < -0.3 is 10.5 Å². The Kier molecular flexibility index (Phi) is 5.27. The first-order chi connectivity index (χ1) is 10.0. The molecular weight excluding hydrogens is 282 g/mol. The summed E-state index contributed by atoms with van der Waals surface area (Å²) in [7, 11) is 0. The van der Waals surface area contributed by atoms with Gasteiger partial charge in [0, 0.05) is 11.1 Å². The van der Waals surface area contributed by atoms with Gasteiger partial charge in [-0.1, -0.05) is 42.8 Å². The molecule has 2 unspecified atom stereocenters. The van der Waals surface area contributed by atoms with Crippen molar-refractivity contribution in [3.63, 3.8) is 0 Å². The lowest BCUT2D eigenvalue weighted by molar-refractivity contribution is 0.169. The molecule has 0 aromatic heterocycles. The van der Waals surface area contributed by atoms with Crippen LogP contribution in [0.2, 0.25) is 5.02 Å². The maximum absolute atomic E-state index is 6.29. The van der Waals surface area contributed by atoms with E-state index in [4.69, 9.17) is 22.1 Å².